The Morgan fingerprint density at radius 3 is 2.60 bits per heavy atom. The molecule has 2 N–H and O–H groups in total. The molecule has 176 valence electrons. The molecule has 0 radical (unpaired) electrons. The van der Waals surface area contributed by atoms with Gasteiger partial charge in [0.15, 0.2) is 0 Å². The number of benzene rings is 3. The maximum absolute atomic E-state index is 6.09. The fourth-order valence-electron chi connectivity index (χ4n) is 4.10. The van der Waals surface area contributed by atoms with Crippen LogP contribution in [0.15, 0.2) is 72.8 Å². The van der Waals surface area contributed by atoms with Gasteiger partial charge in [-0.25, -0.2) is 9.97 Å². The quantitative estimate of drug-likeness (QED) is 0.295. The summed E-state index contributed by atoms with van der Waals surface area (Å²) in [6.45, 7) is 2.16. The van der Waals surface area contributed by atoms with Crippen LogP contribution >= 0.6 is 11.6 Å². The molecule has 0 atom stereocenters. The number of imidazole rings is 1. The predicted octanol–water partition coefficient (Wildman–Crippen LogP) is 5.99. The van der Waals surface area contributed by atoms with E-state index in [1.807, 2.05) is 67.7 Å². The Kier molecular flexibility index (Phi) is 5.64. The monoisotopic (exact) mass is 485 g/mol. The summed E-state index contributed by atoms with van der Waals surface area (Å²) in [5.41, 5.74) is 5.04. The van der Waals surface area contributed by atoms with Crippen LogP contribution in [0.3, 0.4) is 0 Å². The highest BCUT2D eigenvalue weighted by atomic mass is 35.5. The number of aryl methyl sites for hydroxylation is 1. The minimum atomic E-state index is 0.390. The minimum Gasteiger partial charge on any atom is -0.439 e. The molecule has 7 nitrogen and oxygen atoms in total. The third kappa shape index (κ3) is 4.60. The molecule has 0 amide bonds. The molecule has 1 aliphatic rings. The first kappa shape index (κ1) is 21.7. The van der Waals surface area contributed by atoms with Gasteiger partial charge in [0, 0.05) is 35.8 Å². The highest BCUT2D eigenvalue weighted by Gasteiger charge is 2.18. The van der Waals surface area contributed by atoms with Gasteiger partial charge in [0.1, 0.15) is 5.75 Å². The van der Waals surface area contributed by atoms with Crippen molar-refractivity contribution in [1.82, 2.24) is 14.5 Å². The van der Waals surface area contributed by atoms with Crippen molar-refractivity contribution < 1.29 is 9.47 Å². The number of hydrogen-bond acceptors (Lipinski definition) is 6. The third-order valence-corrected chi connectivity index (χ3v) is 6.35. The van der Waals surface area contributed by atoms with Crippen molar-refractivity contribution in [2.75, 3.05) is 23.8 Å². The van der Waals surface area contributed by atoms with E-state index in [1.54, 1.807) is 0 Å². The van der Waals surface area contributed by atoms with Crippen molar-refractivity contribution in [2.45, 2.75) is 12.6 Å². The van der Waals surface area contributed by atoms with Crippen LogP contribution in [-0.4, -0.2) is 33.8 Å². The van der Waals surface area contributed by atoms with Gasteiger partial charge in [0.05, 0.1) is 35.8 Å². The summed E-state index contributed by atoms with van der Waals surface area (Å²) >= 11 is 6.09. The lowest BCUT2D eigenvalue weighted by Gasteiger charge is -2.27. The van der Waals surface area contributed by atoms with E-state index in [4.69, 9.17) is 26.1 Å². The zero-order chi connectivity index (χ0) is 23.8. The molecule has 8 heteroatoms. The minimum absolute atomic E-state index is 0.390. The molecule has 0 bridgehead atoms. The van der Waals surface area contributed by atoms with Gasteiger partial charge in [-0.1, -0.05) is 29.8 Å². The fourth-order valence-corrected chi connectivity index (χ4v) is 4.26. The summed E-state index contributed by atoms with van der Waals surface area (Å²) in [5, 5.41) is 8.60. The summed E-state index contributed by atoms with van der Waals surface area (Å²) in [4.78, 5) is 9.29. The van der Waals surface area contributed by atoms with E-state index in [1.165, 1.54) is 0 Å². The first-order valence-corrected chi connectivity index (χ1v) is 11.9. The number of pyridine rings is 1. The van der Waals surface area contributed by atoms with E-state index in [0.29, 0.717) is 23.5 Å². The van der Waals surface area contributed by atoms with Crippen molar-refractivity contribution in [2.24, 2.45) is 7.05 Å². The Bertz CT molecular complexity index is 1510. The van der Waals surface area contributed by atoms with Gasteiger partial charge in [-0.05, 0) is 54.1 Å². The molecule has 3 aromatic carbocycles. The molecule has 0 saturated carbocycles. The van der Waals surface area contributed by atoms with Crippen molar-refractivity contribution in [1.29, 1.82) is 0 Å². The molecule has 1 aliphatic heterocycles. The summed E-state index contributed by atoms with van der Waals surface area (Å²) < 4.78 is 13.3. The number of nitrogens with one attached hydrogen (secondary N) is 2. The first-order valence-electron chi connectivity index (χ1n) is 11.5. The van der Waals surface area contributed by atoms with Crippen LogP contribution in [0.2, 0.25) is 5.02 Å². The standard InChI is InChI=1S/C27H24ClN5O2/c1-33-25-13-20(30-21-15-34-16-21)7-10-23(25)32-27(33)29-14-17-2-8-22(9-3-17)35-26-11-5-18-4-6-19(28)12-24(18)31-26/h2-13,21,30H,14-16H2,1H3,(H,29,32). The van der Waals surface area contributed by atoms with E-state index in [9.17, 15) is 0 Å². The van der Waals surface area contributed by atoms with Gasteiger partial charge in [0.25, 0.3) is 0 Å². The van der Waals surface area contributed by atoms with Crippen LogP contribution < -0.4 is 15.4 Å². The lowest BCUT2D eigenvalue weighted by Crippen LogP contribution is -2.40. The number of nitrogens with zero attached hydrogens (tertiary/aromatic N) is 3. The van der Waals surface area contributed by atoms with Crippen LogP contribution in [0.1, 0.15) is 5.56 Å². The number of ether oxygens (including phenoxy) is 2. The van der Waals surface area contributed by atoms with Crippen molar-refractivity contribution in [3.05, 3.63) is 83.4 Å². The lowest BCUT2D eigenvalue weighted by molar-refractivity contribution is 0.0211. The summed E-state index contributed by atoms with van der Waals surface area (Å²) in [5.74, 6) is 2.08. The number of hydrogen-bond donors (Lipinski definition) is 2. The maximum atomic E-state index is 6.09. The summed E-state index contributed by atoms with van der Waals surface area (Å²) in [6.07, 6.45) is 0. The van der Waals surface area contributed by atoms with Gasteiger partial charge >= 0.3 is 0 Å². The molecule has 3 heterocycles. The molecular formula is C27H24ClN5O2. The predicted molar refractivity (Wildman–Crippen MR) is 140 cm³/mol. The highest BCUT2D eigenvalue weighted by Crippen LogP contribution is 2.26. The second-order valence-corrected chi connectivity index (χ2v) is 9.10. The van der Waals surface area contributed by atoms with E-state index in [-0.39, 0.29) is 0 Å². The number of anilines is 2. The molecule has 0 spiro atoms. The first-order chi connectivity index (χ1) is 17.1. The Balaban J connectivity index is 1.11. The number of rotatable bonds is 7. The van der Waals surface area contributed by atoms with Crippen molar-refractivity contribution in [3.63, 3.8) is 0 Å². The number of fused-ring (bicyclic) bond motifs is 2. The highest BCUT2D eigenvalue weighted by molar-refractivity contribution is 6.31. The molecule has 6 rings (SSSR count). The van der Waals surface area contributed by atoms with E-state index in [2.05, 4.69) is 32.3 Å². The van der Waals surface area contributed by atoms with Crippen LogP contribution in [0.4, 0.5) is 11.6 Å². The van der Waals surface area contributed by atoms with Crippen molar-refractivity contribution >= 4 is 45.2 Å². The molecule has 1 saturated heterocycles. The molecule has 5 aromatic rings. The normalized spacial score (nSPS) is 13.7. The number of halogens is 1. The van der Waals surface area contributed by atoms with Crippen molar-refractivity contribution in [3.8, 4) is 11.6 Å². The van der Waals surface area contributed by atoms with Crippen LogP contribution in [0.25, 0.3) is 21.9 Å². The van der Waals surface area contributed by atoms with Gasteiger partial charge < -0.3 is 24.7 Å². The fraction of sp³-hybridized carbons (Fsp3) is 0.185. The Morgan fingerprint density at radius 1 is 0.971 bits per heavy atom. The van der Waals surface area contributed by atoms with Gasteiger partial charge in [-0.15, -0.1) is 0 Å². The average Bonchev–Trinajstić information content (AvgIpc) is 3.15. The molecule has 0 aliphatic carbocycles. The summed E-state index contributed by atoms with van der Waals surface area (Å²) in [6, 6.07) is 24.1. The second-order valence-electron chi connectivity index (χ2n) is 8.66. The zero-order valence-electron chi connectivity index (χ0n) is 19.2. The van der Waals surface area contributed by atoms with Gasteiger partial charge in [-0.2, -0.15) is 0 Å². The van der Waals surface area contributed by atoms with E-state index >= 15 is 0 Å². The number of aromatic nitrogens is 3. The Labute approximate surface area is 207 Å². The van der Waals surface area contributed by atoms with Gasteiger partial charge in [0.2, 0.25) is 11.8 Å². The Hall–Kier alpha value is -3.81. The van der Waals surface area contributed by atoms with Crippen LogP contribution in [0, 0.1) is 0 Å². The van der Waals surface area contributed by atoms with E-state index < -0.39 is 0 Å². The molecule has 0 unspecified atom stereocenters. The molecule has 1 fully saturated rings. The summed E-state index contributed by atoms with van der Waals surface area (Å²) in [7, 11) is 2.02. The molecular weight excluding hydrogens is 462 g/mol. The van der Waals surface area contributed by atoms with Crippen LogP contribution in [-0.2, 0) is 18.3 Å². The topological polar surface area (TPSA) is 73.2 Å². The molecule has 35 heavy (non-hydrogen) atoms. The third-order valence-electron chi connectivity index (χ3n) is 6.11. The van der Waals surface area contributed by atoms with Crippen LogP contribution in [0.5, 0.6) is 11.6 Å². The SMILES string of the molecule is Cn1c(NCc2ccc(Oc3ccc4ccc(Cl)cc4n3)cc2)nc2ccc(NC3COC3)cc21. The Morgan fingerprint density at radius 2 is 1.80 bits per heavy atom. The maximum Gasteiger partial charge on any atom is 0.219 e. The average molecular weight is 486 g/mol. The molecule has 2 aromatic heterocycles. The second kappa shape index (κ2) is 9.09. The smallest absolute Gasteiger partial charge is 0.219 e. The van der Waals surface area contributed by atoms with Gasteiger partial charge in [-0.3, -0.25) is 0 Å². The zero-order valence-corrected chi connectivity index (χ0v) is 19.9. The largest absolute Gasteiger partial charge is 0.439 e. The van der Waals surface area contributed by atoms with E-state index in [0.717, 1.165) is 58.1 Å². The lowest BCUT2D eigenvalue weighted by atomic mass is 10.2.